The molecule has 0 aliphatic heterocycles. The molecule has 0 spiro atoms. The lowest BCUT2D eigenvalue weighted by Crippen LogP contribution is -2.10. The average Bonchev–Trinajstić information content (AvgIpc) is 3.34. The number of benzene rings is 6. The standard InChI is InChI=1S/C11H16O.C10H14O2.C10H14O.C9H12O2.C9H12O.C8H10O2.C5H12O2/c1-9-3-6-11(7-4-9)8-5-10(2)12;1-8-2-4-9(5-3-8)6-7-10(11)12;1-8-3-5-10(6-4-8)7-9(2)11;1-7-2-4-8(5-3-7)6-9(10)11;1-7-3-5-9(6-4-7)8(2)10;1-6-2-4-7(5-3-6)8(9)10;1-2-3-5(7)4-6/h3-4,6-7,10,12H,5,8H2,1-2H3;2-5,10-12H,6-7H2,1H3;3-6,9,11H,7H2,1-2H3;2-5,9-11H,6H2,1H3;3-6,8,10H,1-2H3;2-5,8-10H,1H3;5-7H,2-4H2,1H3. The second kappa shape index (κ2) is 40.3. The van der Waals surface area contributed by atoms with E-state index in [0.29, 0.717) is 24.8 Å². The van der Waals surface area contributed by atoms with E-state index in [0.717, 1.165) is 54.4 Å². The van der Waals surface area contributed by atoms with Crippen LogP contribution in [-0.2, 0) is 25.7 Å². The number of hydrogen-bond donors (Lipinski definition) is 11. The van der Waals surface area contributed by atoms with Crippen LogP contribution in [0.2, 0.25) is 0 Å². The van der Waals surface area contributed by atoms with Gasteiger partial charge in [0.25, 0.3) is 0 Å². The van der Waals surface area contributed by atoms with E-state index in [9.17, 15) is 0 Å². The maximum Gasteiger partial charge on any atom is 0.178 e. The molecule has 404 valence electrons. The van der Waals surface area contributed by atoms with E-state index in [1.165, 1.54) is 38.9 Å². The highest BCUT2D eigenvalue weighted by molar-refractivity contribution is 5.25. The molecule has 0 heterocycles. The molecule has 4 atom stereocenters. The third-order valence-corrected chi connectivity index (χ3v) is 10.7. The monoisotopic (exact) mass is 1010 g/mol. The van der Waals surface area contributed by atoms with Crippen LogP contribution in [0.4, 0.5) is 0 Å². The highest BCUT2D eigenvalue weighted by Gasteiger charge is 2.02. The van der Waals surface area contributed by atoms with Gasteiger partial charge in [0, 0.05) is 18.4 Å². The predicted octanol–water partition coefficient (Wildman–Crippen LogP) is 9.48. The topological polar surface area (TPSA) is 223 Å². The summed E-state index contributed by atoms with van der Waals surface area (Å²) < 4.78 is 0. The van der Waals surface area contributed by atoms with Gasteiger partial charge in [-0.25, -0.2) is 0 Å². The minimum atomic E-state index is -1.35. The van der Waals surface area contributed by atoms with Gasteiger partial charge in [-0.1, -0.05) is 192 Å². The van der Waals surface area contributed by atoms with Gasteiger partial charge in [-0.2, -0.15) is 0 Å². The van der Waals surface area contributed by atoms with E-state index >= 15 is 0 Å². The van der Waals surface area contributed by atoms with Gasteiger partial charge in [-0.05, 0) is 122 Å². The molecule has 11 nitrogen and oxygen atoms in total. The van der Waals surface area contributed by atoms with Crippen molar-refractivity contribution in [3.8, 4) is 0 Å². The van der Waals surface area contributed by atoms with Gasteiger partial charge in [-0.3, -0.25) is 0 Å². The van der Waals surface area contributed by atoms with Crippen LogP contribution in [0, 0.1) is 41.5 Å². The molecule has 0 bridgehead atoms. The minimum absolute atomic E-state index is 0.103. The van der Waals surface area contributed by atoms with Gasteiger partial charge in [0.05, 0.1) is 31.0 Å². The lowest BCUT2D eigenvalue weighted by molar-refractivity contribution is -0.0449. The summed E-state index contributed by atoms with van der Waals surface area (Å²) in [6, 6.07) is 47.5. The number of aliphatic hydroxyl groups excluding tert-OH is 8. The molecule has 0 radical (unpaired) electrons. The van der Waals surface area contributed by atoms with E-state index in [1.54, 1.807) is 26.0 Å². The highest BCUT2D eigenvalue weighted by Crippen LogP contribution is 2.13. The molecule has 6 rings (SSSR count). The molecule has 0 aliphatic rings. The van der Waals surface area contributed by atoms with E-state index in [4.69, 9.17) is 56.2 Å². The first-order valence-electron chi connectivity index (χ1n) is 25.2. The smallest absolute Gasteiger partial charge is 0.178 e. The molecule has 0 saturated carbocycles. The molecule has 73 heavy (non-hydrogen) atoms. The lowest BCUT2D eigenvalue weighted by atomic mass is 10.1. The van der Waals surface area contributed by atoms with Crippen LogP contribution < -0.4 is 0 Å². The molecule has 11 heteroatoms. The number of aryl methyl sites for hydroxylation is 8. The Kier molecular flexibility index (Phi) is 37.5. The van der Waals surface area contributed by atoms with Crippen molar-refractivity contribution in [1.29, 1.82) is 0 Å². The van der Waals surface area contributed by atoms with Crippen LogP contribution in [0.5, 0.6) is 0 Å². The van der Waals surface area contributed by atoms with Gasteiger partial charge < -0.3 is 56.2 Å². The molecule has 11 N–H and O–H groups in total. The summed E-state index contributed by atoms with van der Waals surface area (Å²) in [6.07, 6.45) is 0.597. The van der Waals surface area contributed by atoms with E-state index < -0.39 is 25.0 Å². The maximum absolute atomic E-state index is 9.11. The summed E-state index contributed by atoms with van der Waals surface area (Å²) in [6.45, 7) is 19.4. The first-order valence-corrected chi connectivity index (χ1v) is 25.2. The van der Waals surface area contributed by atoms with Crippen molar-refractivity contribution in [2.75, 3.05) is 6.61 Å². The molecule has 0 fully saturated rings. The summed E-state index contributed by atoms with van der Waals surface area (Å²) in [4.78, 5) is 0. The zero-order chi connectivity index (χ0) is 55.3. The zero-order valence-electron chi connectivity index (χ0n) is 45.2. The van der Waals surface area contributed by atoms with E-state index in [1.807, 2.05) is 126 Å². The third-order valence-electron chi connectivity index (χ3n) is 10.7. The Hall–Kier alpha value is -5.12. The van der Waals surface area contributed by atoms with Crippen molar-refractivity contribution in [3.63, 3.8) is 0 Å². The van der Waals surface area contributed by atoms with Crippen molar-refractivity contribution in [2.24, 2.45) is 0 Å². The lowest BCUT2D eigenvalue weighted by Gasteiger charge is -2.03. The number of aliphatic hydroxyl groups is 11. The largest absolute Gasteiger partial charge is 0.394 e. The van der Waals surface area contributed by atoms with Crippen LogP contribution >= 0.6 is 0 Å². The Bertz CT molecular complexity index is 2030. The van der Waals surface area contributed by atoms with Gasteiger partial charge >= 0.3 is 0 Å². The van der Waals surface area contributed by atoms with E-state index in [2.05, 4.69) is 62.4 Å². The minimum Gasteiger partial charge on any atom is -0.394 e. The first-order chi connectivity index (χ1) is 34.4. The molecule has 4 unspecified atom stereocenters. The molecule has 0 saturated heterocycles. The van der Waals surface area contributed by atoms with Crippen LogP contribution in [0.15, 0.2) is 146 Å². The fraction of sp³-hybridized carbons (Fsp3) is 0.419. The van der Waals surface area contributed by atoms with Gasteiger partial charge in [-0.15, -0.1) is 0 Å². The zero-order valence-corrected chi connectivity index (χ0v) is 45.2. The van der Waals surface area contributed by atoms with Gasteiger partial charge in [0.1, 0.15) is 0 Å². The predicted molar refractivity (Wildman–Crippen MR) is 297 cm³/mol. The average molecular weight is 1010 g/mol. The van der Waals surface area contributed by atoms with Crippen molar-refractivity contribution in [3.05, 3.63) is 212 Å². The quantitative estimate of drug-likeness (QED) is 0.0435. The third kappa shape index (κ3) is 38.2. The molecular weight excluding hydrogens is 921 g/mol. The fourth-order valence-electron chi connectivity index (χ4n) is 6.19. The summed E-state index contributed by atoms with van der Waals surface area (Å²) in [5.74, 6) is 0. The second-order valence-electron chi connectivity index (χ2n) is 18.6. The van der Waals surface area contributed by atoms with Gasteiger partial charge in [0.2, 0.25) is 0 Å². The Labute approximate surface area is 437 Å². The summed E-state index contributed by atoms with van der Waals surface area (Å²) in [7, 11) is 0. The molecular formula is C62H90O11. The molecule has 0 aliphatic carbocycles. The SMILES string of the molecule is CCCC(O)CO.Cc1ccc(C(C)O)cc1.Cc1ccc(C(O)O)cc1.Cc1ccc(CC(C)O)cc1.Cc1ccc(CC(O)O)cc1.Cc1ccc(CCC(C)O)cc1.Cc1ccc(CCC(O)O)cc1. The summed E-state index contributed by atoms with van der Waals surface area (Å²) in [5, 5.41) is 95.9. The summed E-state index contributed by atoms with van der Waals surface area (Å²) in [5.41, 5.74) is 13.4. The Morgan fingerprint density at radius 3 is 0.918 bits per heavy atom. The normalized spacial score (nSPS) is 12.0. The first kappa shape index (κ1) is 67.9. The van der Waals surface area contributed by atoms with Crippen LogP contribution in [0.3, 0.4) is 0 Å². The van der Waals surface area contributed by atoms with E-state index in [-0.39, 0.29) is 24.9 Å². The van der Waals surface area contributed by atoms with Crippen molar-refractivity contribution >= 4 is 0 Å². The number of hydrogen-bond acceptors (Lipinski definition) is 11. The molecule has 0 amide bonds. The van der Waals surface area contributed by atoms with Crippen molar-refractivity contribution < 1.29 is 56.2 Å². The Balaban J connectivity index is 0.000000833. The van der Waals surface area contributed by atoms with Crippen molar-refractivity contribution in [2.45, 2.75) is 164 Å². The van der Waals surface area contributed by atoms with Crippen LogP contribution in [0.25, 0.3) is 0 Å². The van der Waals surface area contributed by atoms with Crippen LogP contribution in [-0.4, -0.2) is 93.7 Å². The molecule has 6 aromatic rings. The second-order valence-corrected chi connectivity index (χ2v) is 18.6. The Morgan fingerprint density at radius 2 is 0.658 bits per heavy atom. The summed E-state index contributed by atoms with van der Waals surface area (Å²) >= 11 is 0. The molecule has 6 aromatic carbocycles. The number of rotatable bonds is 15. The van der Waals surface area contributed by atoms with Gasteiger partial charge in [0.15, 0.2) is 18.9 Å². The Morgan fingerprint density at radius 1 is 0.342 bits per heavy atom. The highest BCUT2D eigenvalue weighted by atomic mass is 16.5. The fourth-order valence-corrected chi connectivity index (χ4v) is 6.19. The van der Waals surface area contributed by atoms with Crippen LogP contribution in [0.1, 0.15) is 133 Å². The molecule has 0 aromatic heterocycles. The maximum atomic E-state index is 9.11. The van der Waals surface area contributed by atoms with Crippen molar-refractivity contribution in [1.82, 2.24) is 0 Å².